The molecule has 2 atom stereocenters. The van der Waals surface area contributed by atoms with E-state index in [1.54, 1.807) is 20.8 Å². The van der Waals surface area contributed by atoms with Crippen molar-refractivity contribution in [1.29, 1.82) is 10.5 Å². The van der Waals surface area contributed by atoms with Crippen LogP contribution in [0.3, 0.4) is 0 Å². The Morgan fingerprint density at radius 2 is 1.88 bits per heavy atom. The Morgan fingerprint density at radius 1 is 1.27 bits per heavy atom. The van der Waals surface area contributed by atoms with E-state index < -0.39 is 22.5 Å². The van der Waals surface area contributed by atoms with Gasteiger partial charge >= 0.3 is 0 Å². The number of allylic oxidation sites excluding steroid dienone is 1. The fourth-order valence-electron chi connectivity index (χ4n) is 3.49. The van der Waals surface area contributed by atoms with Crippen LogP contribution in [0.15, 0.2) is 10.6 Å². The van der Waals surface area contributed by atoms with E-state index in [0.717, 1.165) is 25.7 Å². The fraction of sp³-hybridized carbons (Fsp3) is 0.684. The molecule has 0 saturated heterocycles. The van der Waals surface area contributed by atoms with E-state index in [1.807, 2.05) is 6.07 Å². The van der Waals surface area contributed by atoms with Crippen LogP contribution in [0.2, 0.25) is 0 Å². The predicted molar refractivity (Wildman–Crippen MR) is 100 cm³/mol. The molecule has 26 heavy (non-hydrogen) atoms. The Morgan fingerprint density at radius 3 is 2.42 bits per heavy atom. The summed E-state index contributed by atoms with van der Waals surface area (Å²) in [5.74, 6) is -1.42. The summed E-state index contributed by atoms with van der Waals surface area (Å²) in [4.78, 5) is 24.8. The molecular formula is C19H26N4O2S. The normalized spacial score (nSPS) is 24.7. The highest BCUT2D eigenvalue weighted by Gasteiger charge is 2.45. The third-order valence-corrected chi connectivity index (χ3v) is 6.31. The van der Waals surface area contributed by atoms with E-state index in [2.05, 4.69) is 16.7 Å². The molecule has 2 N–H and O–H groups in total. The first kappa shape index (κ1) is 20.3. The zero-order valence-corrected chi connectivity index (χ0v) is 16.4. The summed E-state index contributed by atoms with van der Waals surface area (Å²) >= 11 is 1.18. The molecule has 0 aromatic carbocycles. The molecule has 0 unspecified atom stereocenters. The molecular weight excluding hydrogens is 348 g/mol. The average Bonchev–Trinajstić information content (AvgIpc) is 2.83. The van der Waals surface area contributed by atoms with Crippen LogP contribution in [-0.2, 0) is 9.59 Å². The van der Waals surface area contributed by atoms with Gasteiger partial charge in [-0.3, -0.25) is 9.59 Å². The molecule has 7 heteroatoms. The van der Waals surface area contributed by atoms with E-state index in [-0.39, 0.29) is 11.9 Å². The number of hydrogen-bond acceptors (Lipinski definition) is 5. The summed E-state index contributed by atoms with van der Waals surface area (Å²) in [6.45, 7) is 5.21. The van der Waals surface area contributed by atoms with Crippen LogP contribution in [0.25, 0.3) is 0 Å². The van der Waals surface area contributed by atoms with Gasteiger partial charge in [-0.05, 0) is 19.8 Å². The molecule has 0 radical (unpaired) electrons. The number of thioether (sulfide) groups is 1. The number of carbonyl (C=O) groups excluding carboxylic acids is 2. The van der Waals surface area contributed by atoms with E-state index >= 15 is 0 Å². The molecule has 1 aliphatic heterocycles. The fourth-order valence-corrected chi connectivity index (χ4v) is 4.60. The highest BCUT2D eigenvalue weighted by molar-refractivity contribution is 8.04. The second-order valence-electron chi connectivity index (χ2n) is 7.55. The van der Waals surface area contributed by atoms with Gasteiger partial charge in [-0.2, -0.15) is 10.5 Å². The third kappa shape index (κ3) is 4.40. The van der Waals surface area contributed by atoms with Crippen molar-refractivity contribution in [3.8, 4) is 12.1 Å². The largest absolute Gasteiger partial charge is 0.352 e. The van der Waals surface area contributed by atoms with Gasteiger partial charge in [0.05, 0.1) is 28.0 Å². The van der Waals surface area contributed by atoms with Gasteiger partial charge in [-0.1, -0.05) is 51.3 Å². The lowest BCUT2D eigenvalue weighted by Gasteiger charge is -2.35. The minimum Gasteiger partial charge on any atom is -0.352 e. The molecule has 2 aliphatic rings. The number of hydrogen-bond donors (Lipinski definition) is 2. The Kier molecular flexibility index (Phi) is 6.72. The van der Waals surface area contributed by atoms with Crippen LogP contribution in [-0.4, -0.2) is 23.1 Å². The van der Waals surface area contributed by atoms with Crippen molar-refractivity contribution in [3.05, 3.63) is 10.6 Å². The quantitative estimate of drug-likeness (QED) is 0.736. The number of amides is 2. The third-order valence-electron chi connectivity index (χ3n) is 5.20. The van der Waals surface area contributed by atoms with Gasteiger partial charge in [0.25, 0.3) is 0 Å². The molecule has 0 aromatic rings. The number of nitrogens with one attached hydrogen (secondary N) is 2. The summed E-state index contributed by atoms with van der Waals surface area (Å²) in [7, 11) is 0. The van der Waals surface area contributed by atoms with E-state index in [9.17, 15) is 20.1 Å². The van der Waals surface area contributed by atoms with Crippen LogP contribution in [0.4, 0.5) is 0 Å². The van der Waals surface area contributed by atoms with Gasteiger partial charge in [0.15, 0.2) is 0 Å². The highest BCUT2D eigenvalue weighted by Crippen LogP contribution is 2.42. The monoisotopic (exact) mass is 374 g/mol. The second kappa shape index (κ2) is 8.60. The predicted octanol–water partition coefficient (Wildman–Crippen LogP) is 2.98. The maximum Gasteiger partial charge on any atom is 0.243 e. The van der Waals surface area contributed by atoms with Crippen molar-refractivity contribution in [2.75, 3.05) is 0 Å². The highest BCUT2D eigenvalue weighted by atomic mass is 32.2. The van der Waals surface area contributed by atoms with Crippen molar-refractivity contribution in [1.82, 2.24) is 10.6 Å². The minimum atomic E-state index is -0.920. The standard InChI is InChI=1S/C19H26N4O2S/c1-12(16(24)22-13-8-6-4-5-7-9-13)26-18-15(11-21)19(2,3)14(10-20)17(25)23-18/h12-14H,4-9H2,1-3H3,(H,22,24)(H,23,25)/t12-,14+/m0/s1. The molecule has 1 aliphatic carbocycles. The first-order chi connectivity index (χ1) is 12.3. The lowest BCUT2D eigenvalue weighted by atomic mass is 9.72. The molecule has 1 fully saturated rings. The van der Waals surface area contributed by atoms with Crippen molar-refractivity contribution in [2.45, 2.75) is 70.6 Å². The van der Waals surface area contributed by atoms with Crippen molar-refractivity contribution < 1.29 is 9.59 Å². The molecule has 0 bridgehead atoms. The average molecular weight is 375 g/mol. The molecule has 2 rings (SSSR count). The van der Waals surface area contributed by atoms with Gasteiger partial charge in [-0.15, -0.1) is 0 Å². The van der Waals surface area contributed by atoms with Crippen LogP contribution in [0.1, 0.15) is 59.3 Å². The summed E-state index contributed by atoms with van der Waals surface area (Å²) in [5.41, 5.74) is -0.534. The molecule has 6 nitrogen and oxygen atoms in total. The summed E-state index contributed by atoms with van der Waals surface area (Å²) in [6, 6.07) is 4.31. The topological polar surface area (TPSA) is 106 Å². The number of rotatable bonds is 4. The molecule has 0 spiro atoms. The first-order valence-electron chi connectivity index (χ1n) is 9.13. The Bertz CT molecular complexity index is 679. The van der Waals surface area contributed by atoms with E-state index in [0.29, 0.717) is 10.6 Å². The summed E-state index contributed by atoms with van der Waals surface area (Å²) < 4.78 is 0. The zero-order valence-electron chi connectivity index (χ0n) is 15.6. The van der Waals surface area contributed by atoms with Crippen molar-refractivity contribution >= 4 is 23.6 Å². The number of carbonyl (C=O) groups is 2. The summed E-state index contributed by atoms with van der Waals surface area (Å²) in [5, 5.41) is 24.5. The molecule has 1 heterocycles. The molecule has 1 saturated carbocycles. The lowest BCUT2D eigenvalue weighted by molar-refractivity contribution is -0.125. The van der Waals surface area contributed by atoms with Gasteiger partial charge in [0.1, 0.15) is 5.92 Å². The van der Waals surface area contributed by atoms with Gasteiger partial charge < -0.3 is 10.6 Å². The van der Waals surface area contributed by atoms with Crippen LogP contribution < -0.4 is 10.6 Å². The van der Waals surface area contributed by atoms with E-state index in [1.165, 1.54) is 24.6 Å². The van der Waals surface area contributed by atoms with Crippen molar-refractivity contribution in [3.63, 3.8) is 0 Å². The van der Waals surface area contributed by atoms with Crippen molar-refractivity contribution in [2.24, 2.45) is 11.3 Å². The zero-order chi connectivity index (χ0) is 19.3. The lowest BCUT2D eigenvalue weighted by Crippen LogP contribution is -2.45. The van der Waals surface area contributed by atoms with Gasteiger partial charge in [0, 0.05) is 11.5 Å². The number of nitrogens with zero attached hydrogens (tertiary/aromatic N) is 2. The maximum absolute atomic E-state index is 12.6. The summed E-state index contributed by atoms with van der Waals surface area (Å²) in [6.07, 6.45) is 6.71. The Balaban J connectivity index is 2.11. The minimum absolute atomic E-state index is 0.0823. The molecule has 140 valence electrons. The second-order valence-corrected chi connectivity index (χ2v) is 8.90. The number of nitriles is 2. The first-order valence-corrected chi connectivity index (χ1v) is 10.0. The Hall–Kier alpha value is -1.99. The maximum atomic E-state index is 12.6. The van der Waals surface area contributed by atoms with Crippen LogP contribution >= 0.6 is 11.8 Å². The Labute approximate surface area is 159 Å². The van der Waals surface area contributed by atoms with Gasteiger partial charge in [0.2, 0.25) is 11.8 Å². The van der Waals surface area contributed by atoms with Crippen LogP contribution in [0.5, 0.6) is 0 Å². The molecule has 0 aromatic heterocycles. The molecule has 2 amide bonds. The van der Waals surface area contributed by atoms with E-state index in [4.69, 9.17) is 0 Å². The van der Waals surface area contributed by atoms with Crippen LogP contribution in [0, 0.1) is 34.0 Å². The van der Waals surface area contributed by atoms with Gasteiger partial charge in [-0.25, -0.2) is 0 Å². The SMILES string of the molecule is C[C@H](SC1=C(C#N)C(C)(C)[C@H](C#N)C(=O)N1)C(=O)NC1CCCCCC1. The smallest absolute Gasteiger partial charge is 0.243 e.